The summed E-state index contributed by atoms with van der Waals surface area (Å²) in [5, 5.41) is 0. The first-order chi connectivity index (χ1) is 4.33. The average Bonchev–Trinajstić information content (AvgIpc) is 1.88. The maximum Gasteiger partial charge on any atom is 0.0503 e. The van der Waals surface area contributed by atoms with E-state index < -0.39 is 0 Å². The zero-order valence-corrected chi connectivity index (χ0v) is 6.20. The summed E-state index contributed by atoms with van der Waals surface area (Å²) in [6, 6.07) is 1.92. The lowest BCUT2D eigenvalue weighted by Gasteiger charge is -1.94. The van der Waals surface area contributed by atoms with E-state index in [1.54, 1.807) is 6.20 Å². The highest BCUT2D eigenvalue weighted by Gasteiger charge is 1.87. The average molecular weight is 140 g/mol. The fraction of sp³-hybridized carbons (Fsp3) is 0.167. The number of aromatic nitrogens is 1. The molecule has 1 aromatic rings. The van der Waals surface area contributed by atoms with Crippen molar-refractivity contribution in [2.24, 2.45) is 0 Å². The van der Waals surface area contributed by atoms with E-state index in [0.717, 1.165) is 17.4 Å². The van der Waals surface area contributed by atoms with Crippen LogP contribution in [0.25, 0.3) is 0 Å². The molecule has 1 aromatic heterocycles. The summed E-state index contributed by atoms with van der Waals surface area (Å²) in [4.78, 5) is 3.92. The molecule has 2 N–H and O–H groups in total. The summed E-state index contributed by atoms with van der Waals surface area (Å²) in [5.74, 6) is 0. The summed E-state index contributed by atoms with van der Waals surface area (Å²) in [6.45, 7) is 0. The molecule has 0 aliphatic heterocycles. The molecular weight excluding hydrogens is 131 g/mol. The van der Waals surface area contributed by atoms with Gasteiger partial charge in [-0.15, -0.1) is 9.24 Å². The molecule has 0 aromatic carbocycles. The maximum absolute atomic E-state index is 5.46. The SMILES string of the molecule is Nc1cncc(CP)c1. The van der Waals surface area contributed by atoms with Gasteiger partial charge in [0, 0.05) is 12.4 Å². The van der Waals surface area contributed by atoms with Crippen molar-refractivity contribution in [1.82, 2.24) is 4.98 Å². The standard InChI is InChI=1S/C6H9N2P/c7-6-1-5(4-9)2-8-3-6/h1-3H,4,7,9H2. The summed E-state index contributed by atoms with van der Waals surface area (Å²) >= 11 is 0. The third-order valence-electron chi connectivity index (χ3n) is 1.05. The van der Waals surface area contributed by atoms with Crippen LogP contribution < -0.4 is 5.73 Å². The highest BCUT2D eigenvalue weighted by molar-refractivity contribution is 7.15. The van der Waals surface area contributed by atoms with Crippen molar-refractivity contribution in [2.75, 3.05) is 5.73 Å². The predicted molar refractivity (Wildman–Crippen MR) is 42.1 cm³/mol. The van der Waals surface area contributed by atoms with Crippen LogP contribution in [-0.2, 0) is 6.16 Å². The van der Waals surface area contributed by atoms with Gasteiger partial charge >= 0.3 is 0 Å². The van der Waals surface area contributed by atoms with E-state index in [2.05, 4.69) is 14.2 Å². The Labute approximate surface area is 56.7 Å². The molecule has 0 saturated heterocycles. The Morgan fingerprint density at radius 3 is 2.78 bits per heavy atom. The van der Waals surface area contributed by atoms with Crippen molar-refractivity contribution in [2.45, 2.75) is 6.16 Å². The van der Waals surface area contributed by atoms with E-state index >= 15 is 0 Å². The molecule has 9 heavy (non-hydrogen) atoms. The Hall–Kier alpha value is -0.620. The van der Waals surface area contributed by atoms with Gasteiger partial charge in [-0.3, -0.25) is 4.98 Å². The molecule has 1 unspecified atom stereocenters. The molecule has 1 heterocycles. The molecule has 48 valence electrons. The lowest BCUT2D eigenvalue weighted by Crippen LogP contribution is -1.87. The quantitative estimate of drug-likeness (QED) is 0.592. The molecular formula is C6H9N2P. The van der Waals surface area contributed by atoms with Crippen LogP contribution in [0.5, 0.6) is 0 Å². The second-order valence-electron chi connectivity index (χ2n) is 1.83. The number of hydrogen-bond donors (Lipinski definition) is 1. The molecule has 0 radical (unpaired) electrons. The Morgan fingerprint density at radius 2 is 2.33 bits per heavy atom. The van der Waals surface area contributed by atoms with Gasteiger partial charge in [-0.25, -0.2) is 0 Å². The predicted octanol–water partition coefficient (Wildman–Crippen LogP) is 1.04. The Kier molecular flexibility index (Phi) is 2.01. The largest absolute Gasteiger partial charge is 0.397 e. The monoisotopic (exact) mass is 140 g/mol. The zero-order chi connectivity index (χ0) is 6.69. The van der Waals surface area contributed by atoms with Crippen molar-refractivity contribution in [3.8, 4) is 0 Å². The van der Waals surface area contributed by atoms with E-state index in [1.807, 2.05) is 12.3 Å². The van der Waals surface area contributed by atoms with Crippen LogP contribution in [0.3, 0.4) is 0 Å². The second kappa shape index (κ2) is 2.79. The van der Waals surface area contributed by atoms with E-state index in [4.69, 9.17) is 5.73 Å². The lowest BCUT2D eigenvalue weighted by molar-refractivity contribution is 1.26. The number of rotatable bonds is 1. The minimum atomic E-state index is 0.731. The van der Waals surface area contributed by atoms with Gasteiger partial charge in [-0.1, -0.05) is 0 Å². The molecule has 0 spiro atoms. The summed E-state index contributed by atoms with van der Waals surface area (Å²) in [7, 11) is 2.62. The third-order valence-corrected chi connectivity index (χ3v) is 1.52. The van der Waals surface area contributed by atoms with Gasteiger partial charge in [0.1, 0.15) is 0 Å². The Balaban J connectivity index is 2.94. The molecule has 0 bridgehead atoms. The first kappa shape index (κ1) is 6.50. The summed E-state index contributed by atoms with van der Waals surface area (Å²) in [6.07, 6.45) is 4.37. The van der Waals surface area contributed by atoms with Crippen molar-refractivity contribution in [1.29, 1.82) is 0 Å². The number of nitrogens with zero attached hydrogens (tertiary/aromatic N) is 1. The van der Waals surface area contributed by atoms with Crippen LogP contribution in [0.1, 0.15) is 5.56 Å². The van der Waals surface area contributed by atoms with Gasteiger partial charge in [-0.2, -0.15) is 0 Å². The topological polar surface area (TPSA) is 38.9 Å². The summed E-state index contributed by atoms with van der Waals surface area (Å²) in [5.41, 5.74) is 7.35. The summed E-state index contributed by atoms with van der Waals surface area (Å²) < 4.78 is 0. The first-order valence-electron chi connectivity index (χ1n) is 2.72. The number of hydrogen-bond acceptors (Lipinski definition) is 2. The van der Waals surface area contributed by atoms with E-state index in [9.17, 15) is 0 Å². The van der Waals surface area contributed by atoms with E-state index in [0.29, 0.717) is 0 Å². The zero-order valence-electron chi connectivity index (χ0n) is 5.04. The fourth-order valence-electron chi connectivity index (χ4n) is 0.619. The lowest BCUT2D eigenvalue weighted by atomic mass is 10.3. The molecule has 0 saturated carbocycles. The van der Waals surface area contributed by atoms with Crippen LogP contribution in [0.4, 0.5) is 5.69 Å². The van der Waals surface area contributed by atoms with Gasteiger partial charge < -0.3 is 5.73 Å². The third kappa shape index (κ3) is 1.65. The highest BCUT2D eigenvalue weighted by Crippen LogP contribution is 2.06. The Morgan fingerprint density at radius 1 is 1.56 bits per heavy atom. The molecule has 0 aliphatic rings. The number of pyridine rings is 1. The second-order valence-corrected chi connectivity index (χ2v) is 2.24. The van der Waals surface area contributed by atoms with E-state index in [-0.39, 0.29) is 0 Å². The van der Waals surface area contributed by atoms with Crippen LogP contribution in [0, 0.1) is 0 Å². The van der Waals surface area contributed by atoms with Crippen molar-refractivity contribution >= 4 is 14.9 Å². The minimum Gasteiger partial charge on any atom is -0.397 e. The fourth-order valence-corrected chi connectivity index (χ4v) is 0.843. The molecule has 1 atom stereocenters. The molecule has 0 fully saturated rings. The Bertz CT molecular complexity index is 200. The van der Waals surface area contributed by atoms with Gasteiger partial charge in [0.25, 0.3) is 0 Å². The van der Waals surface area contributed by atoms with Gasteiger partial charge in [0.2, 0.25) is 0 Å². The highest BCUT2D eigenvalue weighted by atomic mass is 31.0. The molecule has 2 nitrogen and oxygen atoms in total. The molecule has 3 heteroatoms. The number of anilines is 1. The smallest absolute Gasteiger partial charge is 0.0503 e. The van der Waals surface area contributed by atoms with Crippen molar-refractivity contribution in [3.63, 3.8) is 0 Å². The van der Waals surface area contributed by atoms with Gasteiger partial charge in [0.15, 0.2) is 0 Å². The van der Waals surface area contributed by atoms with Crippen LogP contribution >= 0.6 is 9.24 Å². The number of nitrogen functional groups attached to an aromatic ring is 1. The van der Waals surface area contributed by atoms with Crippen LogP contribution in [-0.4, -0.2) is 4.98 Å². The molecule has 0 aliphatic carbocycles. The molecule has 0 amide bonds. The maximum atomic E-state index is 5.46. The van der Waals surface area contributed by atoms with Crippen LogP contribution in [0.15, 0.2) is 18.5 Å². The first-order valence-corrected chi connectivity index (χ1v) is 3.54. The minimum absolute atomic E-state index is 0.731. The van der Waals surface area contributed by atoms with Crippen molar-refractivity contribution < 1.29 is 0 Å². The van der Waals surface area contributed by atoms with E-state index in [1.165, 1.54) is 0 Å². The van der Waals surface area contributed by atoms with Gasteiger partial charge in [-0.05, 0) is 17.8 Å². The number of nitrogens with two attached hydrogens (primary N) is 1. The molecule has 1 rings (SSSR count). The normalized spacial score (nSPS) is 9.44. The van der Waals surface area contributed by atoms with Crippen LogP contribution in [0.2, 0.25) is 0 Å². The van der Waals surface area contributed by atoms with Gasteiger partial charge in [0.05, 0.1) is 5.69 Å². The van der Waals surface area contributed by atoms with Crippen molar-refractivity contribution in [3.05, 3.63) is 24.0 Å².